The maximum atomic E-state index is 12.2. The maximum Gasteiger partial charge on any atom is 0.355 e. The first-order valence-electron chi connectivity index (χ1n) is 7.39. The van der Waals surface area contributed by atoms with Crippen molar-refractivity contribution in [3.63, 3.8) is 0 Å². The highest BCUT2D eigenvalue weighted by molar-refractivity contribution is 5.94. The fourth-order valence-corrected chi connectivity index (χ4v) is 2.69. The molecule has 0 aliphatic rings. The maximum absolute atomic E-state index is 12.2. The number of benzene rings is 2. The Bertz CT molecular complexity index is 966. The molecule has 0 bridgehead atoms. The van der Waals surface area contributed by atoms with Gasteiger partial charge < -0.3 is 9.72 Å². The number of aromatic nitrogens is 2. The van der Waals surface area contributed by atoms with Gasteiger partial charge in [-0.25, -0.2) is 4.79 Å². The number of para-hydroxylation sites is 2. The molecule has 0 spiro atoms. The predicted molar refractivity (Wildman–Crippen MR) is 89.2 cm³/mol. The fourth-order valence-electron chi connectivity index (χ4n) is 2.69. The molecule has 0 atom stereocenters. The minimum Gasteiger partial charge on any atom is -0.456 e. The third-order valence-corrected chi connectivity index (χ3v) is 3.82. The van der Waals surface area contributed by atoms with Gasteiger partial charge in [-0.15, -0.1) is 0 Å². The molecule has 0 radical (unpaired) electrons. The van der Waals surface area contributed by atoms with Crippen LogP contribution in [0.2, 0.25) is 0 Å². The van der Waals surface area contributed by atoms with Crippen molar-refractivity contribution < 1.29 is 9.53 Å². The van der Waals surface area contributed by atoms with Crippen molar-refractivity contribution in [2.45, 2.75) is 6.61 Å². The number of carbonyl (C=O) groups is 1. The quantitative estimate of drug-likeness (QED) is 0.580. The fraction of sp³-hybridized carbons (Fsp3) is 0.0526. The number of rotatable bonds is 3. The lowest BCUT2D eigenvalue weighted by Crippen LogP contribution is -2.06. The highest BCUT2D eigenvalue weighted by Gasteiger charge is 2.12. The number of fused-ring (bicyclic) bond motifs is 2. The third-order valence-electron chi connectivity index (χ3n) is 3.82. The molecular weight excluding hydrogens is 288 g/mol. The summed E-state index contributed by atoms with van der Waals surface area (Å²) in [6, 6.07) is 19.3. The van der Waals surface area contributed by atoms with E-state index in [9.17, 15) is 4.79 Å². The predicted octanol–water partition coefficient (Wildman–Crippen LogP) is 4.07. The van der Waals surface area contributed by atoms with E-state index in [-0.39, 0.29) is 12.6 Å². The van der Waals surface area contributed by atoms with Crippen molar-refractivity contribution in [2.24, 2.45) is 0 Å². The topological polar surface area (TPSA) is 55.0 Å². The summed E-state index contributed by atoms with van der Waals surface area (Å²) in [6.07, 6.45) is 1.74. The monoisotopic (exact) mass is 302 g/mol. The molecule has 2 aromatic heterocycles. The van der Waals surface area contributed by atoms with E-state index in [4.69, 9.17) is 4.74 Å². The largest absolute Gasteiger partial charge is 0.456 e. The number of esters is 1. The van der Waals surface area contributed by atoms with E-state index in [0.717, 1.165) is 27.4 Å². The average molecular weight is 302 g/mol. The SMILES string of the molecule is O=C(OCc1cccc2cccnc12)c1cc2ccccc2[nH]1. The van der Waals surface area contributed by atoms with Crippen molar-refractivity contribution in [1.82, 2.24) is 9.97 Å². The zero-order valence-corrected chi connectivity index (χ0v) is 12.3. The van der Waals surface area contributed by atoms with Gasteiger partial charge in [-0.05, 0) is 18.2 Å². The lowest BCUT2D eigenvalue weighted by Gasteiger charge is -2.06. The van der Waals surface area contributed by atoms with Gasteiger partial charge in [0.1, 0.15) is 12.3 Å². The number of nitrogens with one attached hydrogen (secondary N) is 1. The van der Waals surface area contributed by atoms with Crippen LogP contribution < -0.4 is 0 Å². The van der Waals surface area contributed by atoms with Gasteiger partial charge in [-0.3, -0.25) is 4.98 Å². The second kappa shape index (κ2) is 5.57. The summed E-state index contributed by atoms with van der Waals surface area (Å²) in [5, 5.41) is 2.03. The van der Waals surface area contributed by atoms with E-state index in [1.165, 1.54) is 0 Å². The summed E-state index contributed by atoms with van der Waals surface area (Å²) < 4.78 is 5.44. The number of hydrogen-bond donors (Lipinski definition) is 1. The van der Waals surface area contributed by atoms with Gasteiger partial charge in [0.2, 0.25) is 0 Å². The highest BCUT2D eigenvalue weighted by Crippen LogP contribution is 2.19. The highest BCUT2D eigenvalue weighted by atomic mass is 16.5. The molecule has 0 amide bonds. The first kappa shape index (κ1) is 13.5. The van der Waals surface area contributed by atoms with Crippen molar-refractivity contribution in [2.75, 3.05) is 0 Å². The summed E-state index contributed by atoms with van der Waals surface area (Å²) in [4.78, 5) is 19.7. The summed E-state index contributed by atoms with van der Waals surface area (Å²) in [6.45, 7) is 0.197. The summed E-state index contributed by atoms with van der Waals surface area (Å²) in [5.74, 6) is -0.367. The van der Waals surface area contributed by atoms with Crippen LogP contribution in [-0.4, -0.2) is 15.9 Å². The Morgan fingerprint density at radius 2 is 1.83 bits per heavy atom. The molecule has 4 nitrogen and oxygen atoms in total. The minimum atomic E-state index is -0.367. The van der Waals surface area contributed by atoms with E-state index in [1.807, 2.05) is 54.6 Å². The van der Waals surface area contributed by atoms with Crippen LogP contribution in [-0.2, 0) is 11.3 Å². The summed E-state index contributed by atoms with van der Waals surface area (Å²) in [5.41, 5.74) is 3.14. The molecule has 0 saturated carbocycles. The van der Waals surface area contributed by atoms with E-state index in [0.29, 0.717) is 5.69 Å². The van der Waals surface area contributed by atoms with E-state index in [2.05, 4.69) is 9.97 Å². The zero-order chi connectivity index (χ0) is 15.6. The van der Waals surface area contributed by atoms with Gasteiger partial charge in [0, 0.05) is 28.0 Å². The van der Waals surface area contributed by atoms with E-state index < -0.39 is 0 Å². The molecular formula is C19H14N2O2. The Morgan fingerprint density at radius 1 is 1.00 bits per heavy atom. The smallest absolute Gasteiger partial charge is 0.355 e. The molecule has 2 aromatic carbocycles. The molecule has 0 aliphatic heterocycles. The Labute approximate surface area is 132 Å². The number of aromatic amines is 1. The molecule has 0 unspecified atom stereocenters. The molecule has 2 heterocycles. The van der Waals surface area contributed by atoms with Gasteiger partial charge in [0.15, 0.2) is 0 Å². The molecule has 0 fully saturated rings. The Hall–Kier alpha value is -3.14. The third kappa shape index (κ3) is 2.55. The summed E-state index contributed by atoms with van der Waals surface area (Å²) in [7, 11) is 0. The first-order valence-corrected chi connectivity index (χ1v) is 7.39. The van der Waals surface area contributed by atoms with Crippen LogP contribution in [0.5, 0.6) is 0 Å². The molecule has 112 valence electrons. The van der Waals surface area contributed by atoms with Crippen LogP contribution in [0.15, 0.2) is 66.9 Å². The van der Waals surface area contributed by atoms with Gasteiger partial charge in [-0.1, -0.05) is 42.5 Å². The van der Waals surface area contributed by atoms with E-state index in [1.54, 1.807) is 12.3 Å². The first-order chi connectivity index (χ1) is 11.3. The molecule has 4 rings (SSSR count). The number of ether oxygens (including phenoxy) is 1. The molecule has 1 N–H and O–H groups in total. The van der Waals surface area contributed by atoms with E-state index >= 15 is 0 Å². The second-order valence-corrected chi connectivity index (χ2v) is 5.34. The second-order valence-electron chi connectivity index (χ2n) is 5.34. The van der Waals surface area contributed by atoms with Gasteiger partial charge in [-0.2, -0.15) is 0 Å². The Balaban J connectivity index is 1.57. The van der Waals surface area contributed by atoms with Crippen LogP contribution >= 0.6 is 0 Å². The lowest BCUT2D eigenvalue weighted by molar-refractivity contribution is 0.0468. The number of nitrogens with zero attached hydrogens (tertiary/aromatic N) is 1. The lowest BCUT2D eigenvalue weighted by atomic mass is 10.1. The number of hydrogen-bond acceptors (Lipinski definition) is 3. The average Bonchev–Trinajstić information content (AvgIpc) is 3.04. The standard InChI is InChI=1S/C19H14N2O2/c22-19(17-11-14-5-1-2-9-16(14)21-17)23-12-15-7-3-6-13-8-4-10-20-18(13)15/h1-11,21H,12H2. The normalized spacial score (nSPS) is 11.0. The van der Waals surface area contributed by atoms with Crippen LogP contribution in [0, 0.1) is 0 Å². The van der Waals surface area contributed by atoms with Gasteiger partial charge in [0.05, 0.1) is 5.52 Å². The van der Waals surface area contributed by atoms with Crippen LogP contribution in [0.1, 0.15) is 16.1 Å². The van der Waals surface area contributed by atoms with Crippen molar-refractivity contribution >= 4 is 27.8 Å². The van der Waals surface area contributed by atoms with Crippen LogP contribution in [0.25, 0.3) is 21.8 Å². The van der Waals surface area contributed by atoms with Crippen LogP contribution in [0.4, 0.5) is 0 Å². The molecule has 0 aliphatic carbocycles. The van der Waals surface area contributed by atoms with Gasteiger partial charge in [0.25, 0.3) is 0 Å². The van der Waals surface area contributed by atoms with Crippen molar-refractivity contribution in [1.29, 1.82) is 0 Å². The number of carbonyl (C=O) groups excluding carboxylic acids is 1. The zero-order valence-electron chi connectivity index (χ0n) is 12.3. The van der Waals surface area contributed by atoms with Gasteiger partial charge >= 0.3 is 5.97 Å². The number of H-pyrrole nitrogens is 1. The van der Waals surface area contributed by atoms with Crippen LogP contribution in [0.3, 0.4) is 0 Å². The molecule has 4 heteroatoms. The minimum absolute atomic E-state index is 0.197. The molecule has 0 saturated heterocycles. The number of pyridine rings is 1. The molecule has 4 aromatic rings. The summed E-state index contributed by atoms with van der Waals surface area (Å²) >= 11 is 0. The Morgan fingerprint density at radius 3 is 2.74 bits per heavy atom. The molecule has 23 heavy (non-hydrogen) atoms. The van der Waals surface area contributed by atoms with Crippen molar-refractivity contribution in [3.05, 3.63) is 78.1 Å². The Kier molecular flexibility index (Phi) is 3.27. The van der Waals surface area contributed by atoms with Crippen molar-refractivity contribution in [3.8, 4) is 0 Å².